The second-order valence-corrected chi connectivity index (χ2v) is 7.13. The molecule has 0 radical (unpaired) electrons. The number of hydrogen-bond acceptors (Lipinski definition) is 3. The summed E-state index contributed by atoms with van der Waals surface area (Å²) >= 11 is 0. The highest BCUT2D eigenvalue weighted by atomic mass is 19.1. The monoisotopic (exact) mass is 421 g/mol. The number of nitrogens with one attached hydrogen (secondary N) is 1. The first kappa shape index (κ1) is 20.6. The molecule has 0 saturated heterocycles. The van der Waals surface area contributed by atoms with Gasteiger partial charge in [-0.2, -0.15) is 0 Å². The summed E-state index contributed by atoms with van der Waals surface area (Å²) in [4.78, 5) is 12.1. The van der Waals surface area contributed by atoms with E-state index >= 15 is 0 Å². The number of methoxy groups -OCH3 is 1. The highest BCUT2D eigenvalue weighted by Crippen LogP contribution is 2.44. The molecule has 3 aromatic carbocycles. The van der Waals surface area contributed by atoms with Crippen molar-refractivity contribution in [1.82, 2.24) is 5.32 Å². The molecule has 4 nitrogen and oxygen atoms in total. The van der Waals surface area contributed by atoms with Gasteiger partial charge in [-0.3, -0.25) is 0 Å². The van der Waals surface area contributed by atoms with Gasteiger partial charge in [0.15, 0.2) is 17.4 Å². The lowest BCUT2D eigenvalue weighted by Gasteiger charge is -2.14. The molecule has 1 amide bonds. The average Bonchev–Trinajstić information content (AvgIpc) is 3.09. The molecule has 0 fully saturated rings. The maximum atomic E-state index is 13.7. The molecular weight excluding hydrogens is 400 g/mol. The first-order valence-corrected chi connectivity index (χ1v) is 9.87. The Morgan fingerprint density at radius 3 is 2.16 bits per heavy atom. The van der Waals surface area contributed by atoms with E-state index < -0.39 is 23.5 Å². The molecule has 31 heavy (non-hydrogen) atoms. The van der Waals surface area contributed by atoms with Crippen molar-refractivity contribution in [3.63, 3.8) is 0 Å². The predicted octanol–water partition coefficient (Wildman–Crippen LogP) is 5.53. The summed E-state index contributed by atoms with van der Waals surface area (Å²) in [7, 11) is 1.20. The predicted molar refractivity (Wildman–Crippen MR) is 115 cm³/mol. The summed E-state index contributed by atoms with van der Waals surface area (Å²) in [5.74, 6) is -2.01. The van der Waals surface area contributed by atoms with Gasteiger partial charge in [0.25, 0.3) is 0 Å². The molecule has 3 aromatic rings. The van der Waals surface area contributed by atoms with Crippen LogP contribution < -0.4 is 10.1 Å². The molecule has 1 aliphatic rings. The second-order valence-electron chi connectivity index (χ2n) is 7.13. The minimum Gasteiger partial charge on any atom is -0.491 e. The molecule has 158 valence electrons. The number of rotatable bonds is 6. The van der Waals surface area contributed by atoms with E-state index in [4.69, 9.17) is 4.74 Å². The van der Waals surface area contributed by atoms with Crippen LogP contribution >= 0.6 is 0 Å². The van der Waals surface area contributed by atoms with Gasteiger partial charge >= 0.3 is 6.09 Å². The normalized spacial score (nSPS) is 12.5. The van der Waals surface area contributed by atoms with Crippen LogP contribution in [0.5, 0.6) is 5.75 Å². The minimum absolute atomic E-state index is 0.0149. The fourth-order valence-corrected chi connectivity index (χ4v) is 3.86. The maximum absolute atomic E-state index is 13.7. The molecule has 0 atom stereocenters. The third-order valence-electron chi connectivity index (χ3n) is 5.24. The lowest BCUT2D eigenvalue weighted by Crippen LogP contribution is -2.26. The zero-order valence-electron chi connectivity index (χ0n) is 16.9. The molecular formula is C25H21F2NO3. The van der Waals surface area contributed by atoms with Crippen molar-refractivity contribution in [2.45, 2.75) is 5.92 Å². The number of amides is 1. The molecule has 0 heterocycles. The van der Waals surface area contributed by atoms with Gasteiger partial charge in [0.1, 0.15) is 6.61 Å². The van der Waals surface area contributed by atoms with Gasteiger partial charge < -0.3 is 14.8 Å². The van der Waals surface area contributed by atoms with Gasteiger partial charge in [-0.1, -0.05) is 60.7 Å². The number of carbonyl (C=O) groups is 1. The van der Waals surface area contributed by atoms with Crippen LogP contribution in [0.2, 0.25) is 0 Å². The Kier molecular flexibility index (Phi) is 5.98. The highest BCUT2D eigenvalue weighted by molar-refractivity contribution is 5.79. The van der Waals surface area contributed by atoms with E-state index in [9.17, 15) is 13.6 Å². The van der Waals surface area contributed by atoms with Crippen molar-refractivity contribution in [1.29, 1.82) is 0 Å². The van der Waals surface area contributed by atoms with Crippen molar-refractivity contribution in [3.05, 3.63) is 95.1 Å². The number of halogens is 2. The number of carbonyl (C=O) groups excluding carboxylic acids is 1. The fourth-order valence-electron chi connectivity index (χ4n) is 3.86. The van der Waals surface area contributed by atoms with Crippen LogP contribution in [0.15, 0.2) is 66.7 Å². The van der Waals surface area contributed by atoms with E-state index in [2.05, 4.69) is 34.3 Å². The van der Waals surface area contributed by atoms with Crippen molar-refractivity contribution >= 4 is 12.2 Å². The highest BCUT2D eigenvalue weighted by Gasteiger charge is 2.28. The minimum atomic E-state index is -0.786. The Labute approximate surface area is 179 Å². The van der Waals surface area contributed by atoms with Crippen LogP contribution in [0.4, 0.5) is 13.6 Å². The molecule has 0 spiro atoms. The summed E-state index contributed by atoms with van der Waals surface area (Å²) in [5.41, 5.74) is 4.92. The molecule has 0 aromatic heterocycles. The molecule has 0 unspecified atom stereocenters. The molecule has 0 aliphatic heterocycles. The van der Waals surface area contributed by atoms with Gasteiger partial charge in [0.2, 0.25) is 0 Å². The molecule has 4 rings (SSSR count). The molecule has 0 saturated carbocycles. The van der Waals surface area contributed by atoms with E-state index in [1.54, 1.807) is 6.08 Å². The van der Waals surface area contributed by atoms with Crippen molar-refractivity contribution < 1.29 is 23.0 Å². The van der Waals surface area contributed by atoms with E-state index in [1.807, 2.05) is 24.3 Å². The number of alkyl carbamates (subject to hydrolysis) is 1. The average molecular weight is 421 g/mol. The number of benzene rings is 3. The second kappa shape index (κ2) is 9.00. The largest absolute Gasteiger partial charge is 0.491 e. The summed E-state index contributed by atoms with van der Waals surface area (Å²) in [5, 5.41) is 2.62. The van der Waals surface area contributed by atoms with Crippen LogP contribution in [-0.4, -0.2) is 26.4 Å². The fraction of sp³-hybridized carbons (Fsp3) is 0.160. The first-order chi connectivity index (χ1) is 15.1. The van der Waals surface area contributed by atoms with Gasteiger partial charge in [-0.25, -0.2) is 13.6 Å². The van der Waals surface area contributed by atoms with Crippen LogP contribution in [0, 0.1) is 11.6 Å². The van der Waals surface area contributed by atoms with Gasteiger partial charge in [-0.15, -0.1) is 0 Å². The van der Waals surface area contributed by atoms with E-state index in [-0.39, 0.29) is 19.1 Å². The lowest BCUT2D eigenvalue weighted by molar-refractivity contribution is 0.144. The molecule has 1 aliphatic carbocycles. The maximum Gasteiger partial charge on any atom is 0.407 e. The van der Waals surface area contributed by atoms with Crippen molar-refractivity contribution in [2.24, 2.45) is 0 Å². The summed E-state index contributed by atoms with van der Waals surface area (Å²) < 4.78 is 37.5. The standard InChI is InChI=1S/C25H21F2NO3/c1-30-24-22(26)13-16(14-23(24)27)7-6-12-28-25(29)31-15-21-19-10-4-2-8-17(19)18-9-3-5-11-20(18)21/h2-11,13-14,21H,12,15H2,1H3,(H,28,29). The van der Waals surface area contributed by atoms with Crippen LogP contribution in [0.1, 0.15) is 22.6 Å². The number of fused-ring (bicyclic) bond motifs is 3. The number of hydrogen-bond donors (Lipinski definition) is 1. The summed E-state index contributed by atoms with van der Waals surface area (Å²) in [6.07, 6.45) is 2.54. The Balaban J connectivity index is 1.33. The Morgan fingerprint density at radius 2 is 1.58 bits per heavy atom. The zero-order valence-corrected chi connectivity index (χ0v) is 16.9. The smallest absolute Gasteiger partial charge is 0.407 e. The third-order valence-corrected chi connectivity index (χ3v) is 5.24. The van der Waals surface area contributed by atoms with E-state index in [0.717, 1.165) is 34.4 Å². The topological polar surface area (TPSA) is 47.6 Å². The molecule has 1 N–H and O–H groups in total. The van der Waals surface area contributed by atoms with Gasteiger partial charge in [0.05, 0.1) is 7.11 Å². The number of ether oxygens (including phenoxy) is 2. The van der Waals surface area contributed by atoms with Gasteiger partial charge in [-0.05, 0) is 39.9 Å². The van der Waals surface area contributed by atoms with Crippen molar-refractivity contribution in [3.8, 4) is 16.9 Å². The Morgan fingerprint density at radius 1 is 1.00 bits per heavy atom. The zero-order chi connectivity index (χ0) is 21.8. The van der Waals surface area contributed by atoms with E-state index in [1.165, 1.54) is 13.2 Å². The Bertz CT molecular complexity index is 1070. The van der Waals surface area contributed by atoms with Gasteiger partial charge in [0, 0.05) is 12.5 Å². The quantitative estimate of drug-likeness (QED) is 0.570. The molecule has 0 bridgehead atoms. The summed E-state index contributed by atoms with van der Waals surface area (Å²) in [6, 6.07) is 18.5. The SMILES string of the molecule is COc1c(F)cc(C=CCNC(=O)OCC2c3ccccc3-c3ccccc32)cc1F. The van der Waals surface area contributed by atoms with Crippen LogP contribution in [-0.2, 0) is 4.74 Å². The van der Waals surface area contributed by atoms with Crippen LogP contribution in [0.3, 0.4) is 0 Å². The lowest BCUT2D eigenvalue weighted by atomic mass is 9.98. The Hall–Kier alpha value is -3.67. The van der Waals surface area contributed by atoms with Crippen molar-refractivity contribution in [2.75, 3.05) is 20.3 Å². The van der Waals surface area contributed by atoms with E-state index in [0.29, 0.717) is 5.56 Å². The first-order valence-electron chi connectivity index (χ1n) is 9.87. The third kappa shape index (κ3) is 4.28. The van der Waals surface area contributed by atoms with Crippen LogP contribution in [0.25, 0.3) is 17.2 Å². The summed E-state index contributed by atoms with van der Waals surface area (Å²) in [6.45, 7) is 0.379. The molecule has 6 heteroatoms.